The number of aliphatic hydroxyl groups excluding tert-OH is 1. The third-order valence-electron chi connectivity index (χ3n) is 2.22. The van der Waals surface area contributed by atoms with E-state index in [1.54, 1.807) is 6.92 Å². The molecule has 0 spiro atoms. The Hall–Kier alpha value is -2.08. The highest BCUT2D eigenvalue weighted by Gasteiger charge is 2.14. The van der Waals surface area contributed by atoms with Crippen LogP contribution in [0.2, 0.25) is 0 Å². The van der Waals surface area contributed by atoms with Crippen LogP contribution in [0.25, 0.3) is 0 Å². The van der Waals surface area contributed by atoms with Gasteiger partial charge in [0.05, 0.1) is 6.10 Å². The van der Waals surface area contributed by atoms with E-state index in [1.165, 1.54) is 25.1 Å². The highest BCUT2D eigenvalue weighted by Crippen LogP contribution is 2.19. The molecule has 0 saturated heterocycles. The molecule has 1 rings (SSSR count). The predicted octanol–water partition coefficient (Wildman–Crippen LogP) is 0.136. The van der Waals surface area contributed by atoms with E-state index in [2.05, 4.69) is 10.6 Å². The van der Waals surface area contributed by atoms with E-state index in [-0.39, 0.29) is 12.3 Å². The van der Waals surface area contributed by atoms with Gasteiger partial charge in [-0.2, -0.15) is 0 Å². The Labute approximate surface area is 105 Å². The number of carbonyl (C=O) groups excluding carboxylic acids is 2. The fourth-order valence-electron chi connectivity index (χ4n) is 1.29. The van der Waals surface area contributed by atoms with Crippen LogP contribution in [0.15, 0.2) is 18.2 Å². The van der Waals surface area contributed by atoms with Crippen molar-refractivity contribution in [1.29, 1.82) is 0 Å². The Balaban J connectivity index is 2.61. The molecule has 1 aromatic rings. The highest BCUT2D eigenvalue weighted by molar-refractivity contribution is 6.39. The number of hydrogen-bond donors (Lipinski definition) is 4. The maximum atomic E-state index is 11.5. The molecule has 98 valence electrons. The number of benzene rings is 1. The normalized spacial score (nSPS) is 11.7. The van der Waals surface area contributed by atoms with E-state index in [4.69, 9.17) is 5.11 Å². The fourth-order valence-corrected chi connectivity index (χ4v) is 1.29. The molecule has 1 unspecified atom stereocenters. The van der Waals surface area contributed by atoms with Crippen LogP contribution in [0, 0.1) is 6.92 Å². The minimum atomic E-state index is -0.816. The minimum Gasteiger partial charge on any atom is -0.508 e. The summed E-state index contributed by atoms with van der Waals surface area (Å²) in [5, 5.41) is 22.9. The molecule has 1 atom stereocenters. The molecular weight excluding hydrogens is 236 g/mol. The number of aliphatic hydroxyl groups is 1. The fraction of sp³-hybridized carbons (Fsp3) is 0.333. The molecule has 0 aliphatic heterocycles. The first-order chi connectivity index (χ1) is 8.40. The SMILES string of the molecule is Cc1cc(O)ccc1NC(=O)C(=O)NCC(C)O. The van der Waals surface area contributed by atoms with Crippen molar-refractivity contribution in [2.24, 2.45) is 0 Å². The second-order valence-corrected chi connectivity index (χ2v) is 4.01. The average molecular weight is 252 g/mol. The second kappa shape index (κ2) is 6.02. The van der Waals surface area contributed by atoms with Crippen LogP contribution in [0.5, 0.6) is 5.75 Å². The summed E-state index contributed by atoms with van der Waals surface area (Å²) in [6, 6.07) is 4.39. The summed E-state index contributed by atoms with van der Waals surface area (Å²) in [7, 11) is 0. The largest absolute Gasteiger partial charge is 0.508 e. The molecule has 18 heavy (non-hydrogen) atoms. The van der Waals surface area contributed by atoms with E-state index in [0.717, 1.165) is 0 Å². The molecule has 0 saturated carbocycles. The number of phenols is 1. The quantitative estimate of drug-likeness (QED) is 0.454. The van der Waals surface area contributed by atoms with E-state index in [0.29, 0.717) is 11.3 Å². The van der Waals surface area contributed by atoms with Crippen LogP contribution in [0.3, 0.4) is 0 Å². The van der Waals surface area contributed by atoms with Gasteiger partial charge in [-0.15, -0.1) is 0 Å². The van der Waals surface area contributed by atoms with Crippen molar-refractivity contribution in [3.05, 3.63) is 23.8 Å². The summed E-state index contributed by atoms with van der Waals surface area (Å²) in [5.41, 5.74) is 1.09. The Morgan fingerprint density at radius 2 is 2.00 bits per heavy atom. The lowest BCUT2D eigenvalue weighted by molar-refractivity contribution is -0.136. The number of aryl methyl sites for hydroxylation is 1. The first kappa shape index (κ1) is 14.0. The first-order valence-corrected chi connectivity index (χ1v) is 5.47. The highest BCUT2D eigenvalue weighted by atomic mass is 16.3. The zero-order valence-electron chi connectivity index (χ0n) is 10.2. The van der Waals surface area contributed by atoms with Gasteiger partial charge in [-0.1, -0.05) is 0 Å². The number of nitrogens with one attached hydrogen (secondary N) is 2. The molecule has 4 N–H and O–H groups in total. The molecular formula is C12H16N2O4. The van der Waals surface area contributed by atoms with E-state index < -0.39 is 17.9 Å². The molecule has 1 aromatic carbocycles. The minimum absolute atomic E-state index is 0.0147. The number of hydrogen-bond acceptors (Lipinski definition) is 4. The first-order valence-electron chi connectivity index (χ1n) is 5.47. The van der Waals surface area contributed by atoms with Crippen molar-refractivity contribution >= 4 is 17.5 Å². The summed E-state index contributed by atoms with van der Waals surface area (Å²) < 4.78 is 0. The van der Waals surface area contributed by atoms with Gasteiger partial charge in [0.2, 0.25) is 0 Å². The summed E-state index contributed by atoms with van der Waals surface area (Å²) in [5.74, 6) is -1.54. The van der Waals surface area contributed by atoms with Crippen LogP contribution >= 0.6 is 0 Å². The van der Waals surface area contributed by atoms with Gasteiger partial charge < -0.3 is 20.8 Å². The number of phenolic OH excluding ortho intramolecular Hbond substituents is 1. The Bertz CT molecular complexity index is 457. The van der Waals surface area contributed by atoms with Gasteiger partial charge in [0.15, 0.2) is 0 Å². The van der Waals surface area contributed by atoms with Crippen molar-refractivity contribution in [3.8, 4) is 5.75 Å². The maximum absolute atomic E-state index is 11.5. The van der Waals surface area contributed by atoms with E-state index >= 15 is 0 Å². The average Bonchev–Trinajstić information content (AvgIpc) is 2.29. The maximum Gasteiger partial charge on any atom is 0.313 e. The van der Waals surface area contributed by atoms with Gasteiger partial charge >= 0.3 is 11.8 Å². The third-order valence-corrected chi connectivity index (χ3v) is 2.22. The van der Waals surface area contributed by atoms with Crippen molar-refractivity contribution in [1.82, 2.24) is 5.32 Å². The number of amides is 2. The summed E-state index contributed by atoms with van der Waals surface area (Å²) in [6.07, 6.45) is -0.711. The van der Waals surface area contributed by atoms with Gasteiger partial charge in [-0.3, -0.25) is 9.59 Å². The molecule has 0 aliphatic carbocycles. The van der Waals surface area contributed by atoms with Crippen LogP contribution in [-0.2, 0) is 9.59 Å². The van der Waals surface area contributed by atoms with Crippen LogP contribution in [0.4, 0.5) is 5.69 Å². The molecule has 2 amide bonds. The molecule has 6 nitrogen and oxygen atoms in total. The molecule has 0 fully saturated rings. The molecule has 0 aromatic heterocycles. The number of rotatable bonds is 3. The number of aromatic hydroxyl groups is 1. The van der Waals surface area contributed by atoms with Crippen molar-refractivity contribution in [3.63, 3.8) is 0 Å². The lowest BCUT2D eigenvalue weighted by atomic mass is 10.2. The monoisotopic (exact) mass is 252 g/mol. The van der Waals surface area contributed by atoms with Gasteiger partial charge in [-0.05, 0) is 37.6 Å². The molecule has 0 bridgehead atoms. The van der Waals surface area contributed by atoms with E-state index in [9.17, 15) is 14.7 Å². The lowest BCUT2D eigenvalue weighted by Gasteiger charge is -2.09. The van der Waals surface area contributed by atoms with Crippen LogP contribution in [0.1, 0.15) is 12.5 Å². The zero-order chi connectivity index (χ0) is 13.7. The van der Waals surface area contributed by atoms with Gasteiger partial charge in [0.25, 0.3) is 0 Å². The summed E-state index contributed by atoms with van der Waals surface area (Å²) in [6.45, 7) is 3.21. The molecule has 6 heteroatoms. The Morgan fingerprint density at radius 1 is 1.33 bits per heavy atom. The number of carbonyl (C=O) groups is 2. The van der Waals surface area contributed by atoms with Gasteiger partial charge in [0.1, 0.15) is 5.75 Å². The van der Waals surface area contributed by atoms with Crippen LogP contribution in [-0.4, -0.2) is 34.7 Å². The molecule has 0 heterocycles. The summed E-state index contributed by atoms with van der Waals surface area (Å²) >= 11 is 0. The van der Waals surface area contributed by atoms with Gasteiger partial charge in [-0.25, -0.2) is 0 Å². The third kappa shape index (κ3) is 4.06. The van der Waals surface area contributed by atoms with Gasteiger partial charge in [0, 0.05) is 12.2 Å². The lowest BCUT2D eigenvalue weighted by Crippen LogP contribution is -2.38. The molecule has 0 aliphatic rings. The van der Waals surface area contributed by atoms with Crippen molar-refractivity contribution in [2.75, 3.05) is 11.9 Å². The zero-order valence-corrected chi connectivity index (χ0v) is 10.2. The second-order valence-electron chi connectivity index (χ2n) is 4.01. The topological polar surface area (TPSA) is 98.7 Å². The Kier molecular flexibility index (Phi) is 4.67. The van der Waals surface area contributed by atoms with Crippen LogP contribution < -0.4 is 10.6 Å². The predicted molar refractivity (Wildman–Crippen MR) is 66.2 cm³/mol. The molecule has 0 radical (unpaired) electrons. The van der Waals surface area contributed by atoms with Crippen molar-refractivity contribution in [2.45, 2.75) is 20.0 Å². The summed E-state index contributed by atoms with van der Waals surface area (Å²) in [4.78, 5) is 22.8. The Morgan fingerprint density at radius 3 is 2.56 bits per heavy atom. The number of anilines is 1. The van der Waals surface area contributed by atoms with E-state index in [1.807, 2.05) is 0 Å². The van der Waals surface area contributed by atoms with Crippen molar-refractivity contribution < 1.29 is 19.8 Å². The smallest absolute Gasteiger partial charge is 0.313 e. The standard InChI is InChI=1S/C12H16N2O4/c1-7-5-9(16)3-4-10(7)14-12(18)11(17)13-6-8(2)15/h3-5,8,15-16H,6H2,1-2H3,(H,13,17)(H,14,18).